The Morgan fingerprint density at radius 1 is 1.32 bits per heavy atom. The second-order valence-electron chi connectivity index (χ2n) is 5.05. The van der Waals surface area contributed by atoms with Crippen molar-refractivity contribution < 1.29 is 19.1 Å². The van der Waals surface area contributed by atoms with Crippen LogP contribution < -0.4 is 5.32 Å². The maximum atomic E-state index is 12.9. The largest absolute Gasteiger partial charge is 0.479 e. The zero-order chi connectivity index (χ0) is 14.0. The molecule has 2 N–H and O–H groups in total. The minimum absolute atomic E-state index is 0.0980. The van der Waals surface area contributed by atoms with Crippen LogP contribution in [0.5, 0.6) is 0 Å². The average Bonchev–Trinajstić information content (AvgIpc) is 2.26. The molecule has 1 fully saturated rings. The van der Waals surface area contributed by atoms with Crippen molar-refractivity contribution in [3.63, 3.8) is 0 Å². The standard InChI is InChI=1S/C14H16FNO3/c1-14(13(18)19,10-5-7-11(15)8-6-10)16-12(17)9-3-2-4-9/h5-9H,2-4H2,1H3,(H,16,17)(H,18,19). The van der Waals surface area contributed by atoms with Gasteiger partial charge >= 0.3 is 5.97 Å². The van der Waals surface area contributed by atoms with Gasteiger partial charge < -0.3 is 10.4 Å². The van der Waals surface area contributed by atoms with Crippen molar-refractivity contribution in [2.24, 2.45) is 5.92 Å². The normalized spacial score (nSPS) is 18.2. The highest BCUT2D eigenvalue weighted by Crippen LogP contribution is 2.29. The Kier molecular flexibility index (Phi) is 3.55. The molecule has 102 valence electrons. The molecule has 1 aromatic carbocycles. The number of halogens is 1. The summed E-state index contributed by atoms with van der Waals surface area (Å²) >= 11 is 0. The van der Waals surface area contributed by atoms with E-state index in [1.165, 1.54) is 31.2 Å². The lowest BCUT2D eigenvalue weighted by molar-refractivity contribution is -0.148. The third-order valence-corrected chi connectivity index (χ3v) is 3.70. The number of hydrogen-bond acceptors (Lipinski definition) is 2. The molecule has 0 aliphatic heterocycles. The Hall–Kier alpha value is -1.91. The number of hydrogen-bond donors (Lipinski definition) is 2. The second-order valence-corrected chi connectivity index (χ2v) is 5.05. The Labute approximate surface area is 110 Å². The first-order valence-corrected chi connectivity index (χ1v) is 6.25. The molecule has 0 spiro atoms. The Balaban J connectivity index is 2.23. The summed E-state index contributed by atoms with van der Waals surface area (Å²) in [5.74, 6) is -1.95. The van der Waals surface area contributed by atoms with Crippen LogP contribution in [-0.4, -0.2) is 17.0 Å². The summed E-state index contributed by atoms with van der Waals surface area (Å²) in [5.41, 5.74) is -1.17. The molecule has 5 heteroatoms. The van der Waals surface area contributed by atoms with Crippen LogP contribution in [0.3, 0.4) is 0 Å². The van der Waals surface area contributed by atoms with Gasteiger partial charge in [0.2, 0.25) is 5.91 Å². The van der Waals surface area contributed by atoms with Crippen LogP contribution in [0, 0.1) is 11.7 Å². The molecule has 19 heavy (non-hydrogen) atoms. The summed E-state index contributed by atoms with van der Waals surface area (Å²) in [6, 6.07) is 5.13. The number of benzene rings is 1. The lowest BCUT2D eigenvalue weighted by atomic mass is 9.83. The van der Waals surface area contributed by atoms with Crippen molar-refractivity contribution >= 4 is 11.9 Å². The fraction of sp³-hybridized carbons (Fsp3) is 0.429. The first-order valence-electron chi connectivity index (χ1n) is 6.25. The van der Waals surface area contributed by atoms with Gasteiger partial charge in [-0.25, -0.2) is 9.18 Å². The molecule has 0 saturated heterocycles. The minimum Gasteiger partial charge on any atom is -0.479 e. The van der Waals surface area contributed by atoms with E-state index in [-0.39, 0.29) is 11.8 Å². The van der Waals surface area contributed by atoms with E-state index in [2.05, 4.69) is 5.32 Å². The molecular weight excluding hydrogens is 249 g/mol. The fourth-order valence-electron chi connectivity index (χ4n) is 2.05. The summed E-state index contributed by atoms with van der Waals surface area (Å²) < 4.78 is 12.9. The predicted octanol–water partition coefficient (Wildman–Crippen LogP) is 2.04. The van der Waals surface area contributed by atoms with Gasteiger partial charge in [-0.3, -0.25) is 4.79 Å². The van der Waals surface area contributed by atoms with Crippen molar-refractivity contribution in [2.45, 2.75) is 31.7 Å². The van der Waals surface area contributed by atoms with Gasteiger partial charge in [-0.1, -0.05) is 18.6 Å². The smallest absolute Gasteiger partial charge is 0.333 e. The van der Waals surface area contributed by atoms with Gasteiger partial charge in [-0.2, -0.15) is 0 Å². The Bertz CT molecular complexity index is 496. The van der Waals surface area contributed by atoms with Crippen LogP contribution in [0.25, 0.3) is 0 Å². The number of rotatable bonds is 4. The molecule has 1 saturated carbocycles. The van der Waals surface area contributed by atoms with Crippen LogP contribution in [0.2, 0.25) is 0 Å². The van der Waals surface area contributed by atoms with E-state index >= 15 is 0 Å². The zero-order valence-electron chi connectivity index (χ0n) is 10.6. The van der Waals surface area contributed by atoms with E-state index in [4.69, 9.17) is 0 Å². The van der Waals surface area contributed by atoms with Crippen LogP contribution in [0.1, 0.15) is 31.7 Å². The van der Waals surface area contributed by atoms with Gasteiger partial charge in [0.05, 0.1) is 0 Å². The summed E-state index contributed by atoms with van der Waals surface area (Å²) in [4.78, 5) is 23.4. The van der Waals surface area contributed by atoms with Gasteiger partial charge in [-0.15, -0.1) is 0 Å². The molecule has 1 unspecified atom stereocenters. The third-order valence-electron chi connectivity index (χ3n) is 3.70. The molecule has 0 bridgehead atoms. The zero-order valence-corrected chi connectivity index (χ0v) is 10.6. The van der Waals surface area contributed by atoms with E-state index in [0.717, 1.165) is 19.3 Å². The molecule has 4 nitrogen and oxygen atoms in total. The Morgan fingerprint density at radius 3 is 2.32 bits per heavy atom. The highest BCUT2D eigenvalue weighted by atomic mass is 19.1. The van der Waals surface area contributed by atoms with Crippen LogP contribution in [0.4, 0.5) is 4.39 Å². The lowest BCUT2D eigenvalue weighted by Crippen LogP contribution is -2.52. The van der Waals surface area contributed by atoms with Crippen molar-refractivity contribution in [3.05, 3.63) is 35.6 Å². The molecule has 1 aromatic rings. The van der Waals surface area contributed by atoms with E-state index in [9.17, 15) is 19.1 Å². The number of carboxylic acid groups (broad SMARTS) is 1. The summed E-state index contributed by atoms with van der Waals surface area (Å²) in [7, 11) is 0. The van der Waals surface area contributed by atoms with Gasteiger partial charge in [0, 0.05) is 5.92 Å². The molecule has 1 aliphatic carbocycles. The minimum atomic E-state index is -1.53. The lowest BCUT2D eigenvalue weighted by Gasteiger charge is -2.31. The van der Waals surface area contributed by atoms with Gasteiger partial charge in [0.15, 0.2) is 5.54 Å². The number of carboxylic acids is 1. The first-order chi connectivity index (χ1) is 8.93. The Morgan fingerprint density at radius 2 is 1.89 bits per heavy atom. The van der Waals surface area contributed by atoms with Crippen LogP contribution >= 0.6 is 0 Å². The maximum Gasteiger partial charge on any atom is 0.333 e. The summed E-state index contributed by atoms with van der Waals surface area (Å²) in [5, 5.41) is 11.9. The number of aliphatic carboxylic acids is 1. The van der Waals surface area contributed by atoms with E-state index in [1.807, 2.05) is 0 Å². The van der Waals surface area contributed by atoms with Crippen molar-refractivity contribution in [3.8, 4) is 0 Å². The second kappa shape index (κ2) is 4.99. The summed E-state index contributed by atoms with van der Waals surface area (Å²) in [6.45, 7) is 1.42. The van der Waals surface area contributed by atoms with Crippen molar-refractivity contribution in [2.75, 3.05) is 0 Å². The number of carbonyl (C=O) groups is 2. The predicted molar refractivity (Wildman–Crippen MR) is 66.9 cm³/mol. The SMILES string of the molecule is CC(NC(=O)C1CCC1)(C(=O)O)c1ccc(F)cc1. The molecule has 0 heterocycles. The van der Waals surface area contributed by atoms with E-state index in [0.29, 0.717) is 5.56 Å². The van der Waals surface area contributed by atoms with E-state index < -0.39 is 17.3 Å². The molecule has 1 aliphatic rings. The third kappa shape index (κ3) is 2.59. The highest BCUT2D eigenvalue weighted by Gasteiger charge is 2.39. The fourth-order valence-corrected chi connectivity index (χ4v) is 2.05. The molecule has 1 amide bonds. The number of carbonyl (C=O) groups excluding carboxylic acids is 1. The average molecular weight is 265 g/mol. The van der Waals surface area contributed by atoms with Crippen molar-refractivity contribution in [1.82, 2.24) is 5.32 Å². The first kappa shape index (κ1) is 13.5. The number of nitrogens with one attached hydrogen (secondary N) is 1. The van der Waals surface area contributed by atoms with Crippen LogP contribution in [-0.2, 0) is 15.1 Å². The highest BCUT2D eigenvalue weighted by molar-refractivity contribution is 5.89. The quantitative estimate of drug-likeness (QED) is 0.875. The van der Waals surface area contributed by atoms with Gasteiger partial charge in [-0.05, 0) is 37.5 Å². The summed E-state index contributed by atoms with van der Waals surface area (Å²) in [6.07, 6.45) is 2.59. The molecule has 1 atom stereocenters. The maximum absolute atomic E-state index is 12.9. The monoisotopic (exact) mass is 265 g/mol. The molecule has 2 rings (SSSR count). The topological polar surface area (TPSA) is 66.4 Å². The van der Waals surface area contributed by atoms with Crippen LogP contribution in [0.15, 0.2) is 24.3 Å². The number of amides is 1. The van der Waals surface area contributed by atoms with Crippen molar-refractivity contribution in [1.29, 1.82) is 0 Å². The molecule has 0 aromatic heterocycles. The van der Waals surface area contributed by atoms with E-state index in [1.54, 1.807) is 0 Å². The molecular formula is C14H16FNO3. The van der Waals surface area contributed by atoms with Gasteiger partial charge in [0.25, 0.3) is 0 Å². The van der Waals surface area contributed by atoms with Gasteiger partial charge in [0.1, 0.15) is 5.82 Å². The molecule has 0 radical (unpaired) electrons.